The summed E-state index contributed by atoms with van der Waals surface area (Å²) in [6.07, 6.45) is 2.67. The number of aromatic nitrogens is 2. The standard InChI is InChI=1S/C14H16N4O3S/c15-14(19)11-9-16-17-13(11)12-7-4-8-18(12)22(20,21)10-5-2-1-3-6-10/h1-3,5-6,9,12H,4,7-8H2,(H2,15,19)(H,16,17)/t12-/m0/s1. The van der Waals surface area contributed by atoms with Crippen LogP contribution in [0.1, 0.15) is 34.9 Å². The largest absolute Gasteiger partial charge is 0.365 e. The second kappa shape index (κ2) is 5.54. The number of nitrogens with zero attached hydrogens (tertiary/aromatic N) is 2. The molecular formula is C14H16N4O3S. The molecule has 1 aromatic carbocycles. The van der Waals surface area contributed by atoms with E-state index in [2.05, 4.69) is 10.2 Å². The fourth-order valence-electron chi connectivity index (χ4n) is 2.79. The van der Waals surface area contributed by atoms with Crippen molar-refractivity contribution in [1.82, 2.24) is 14.5 Å². The number of nitrogens with two attached hydrogens (primary N) is 1. The minimum absolute atomic E-state index is 0.236. The van der Waals surface area contributed by atoms with Crippen molar-refractivity contribution in [1.29, 1.82) is 0 Å². The first-order valence-electron chi connectivity index (χ1n) is 6.92. The number of hydrogen-bond acceptors (Lipinski definition) is 4. The summed E-state index contributed by atoms with van der Waals surface area (Å²) in [4.78, 5) is 11.7. The minimum atomic E-state index is -3.62. The van der Waals surface area contributed by atoms with E-state index in [0.29, 0.717) is 25.1 Å². The Kier molecular flexibility index (Phi) is 3.71. The van der Waals surface area contributed by atoms with Crippen LogP contribution in [0.25, 0.3) is 0 Å². The third-order valence-corrected chi connectivity index (χ3v) is 5.74. The van der Waals surface area contributed by atoms with Gasteiger partial charge in [-0.1, -0.05) is 18.2 Å². The minimum Gasteiger partial charge on any atom is -0.365 e. The van der Waals surface area contributed by atoms with Crippen LogP contribution in [0.2, 0.25) is 0 Å². The maximum atomic E-state index is 12.8. The molecule has 0 unspecified atom stereocenters. The molecule has 1 aromatic heterocycles. The van der Waals surface area contributed by atoms with Crippen LogP contribution in [0.15, 0.2) is 41.4 Å². The maximum absolute atomic E-state index is 12.8. The average molecular weight is 320 g/mol. The Morgan fingerprint density at radius 2 is 2.05 bits per heavy atom. The summed E-state index contributed by atoms with van der Waals surface area (Å²) in [5, 5.41) is 6.56. The van der Waals surface area contributed by atoms with E-state index in [4.69, 9.17) is 5.73 Å². The molecule has 7 nitrogen and oxygen atoms in total. The summed E-state index contributed by atoms with van der Waals surface area (Å²) >= 11 is 0. The molecule has 0 aliphatic carbocycles. The molecule has 1 amide bonds. The Balaban J connectivity index is 2.01. The van der Waals surface area contributed by atoms with Crippen LogP contribution in [-0.2, 0) is 10.0 Å². The van der Waals surface area contributed by atoms with Gasteiger partial charge in [0.05, 0.1) is 28.4 Å². The first-order chi connectivity index (χ1) is 10.5. The number of carbonyl (C=O) groups is 1. The number of rotatable bonds is 4. The number of aromatic amines is 1. The van der Waals surface area contributed by atoms with Gasteiger partial charge in [0.25, 0.3) is 5.91 Å². The summed E-state index contributed by atoms with van der Waals surface area (Å²) in [5.74, 6) is -0.618. The van der Waals surface area contributed by atoms with Gasteiger partial charge in [-0.2, -0.15) is 9.40 Å². The van der Waals surface area contributed by atoms with E-state index in [0.717, 1.165) is 0 Å². The lowest BCUT2D eigenvalue weighted by atomic mass is 10.1. The number of carbonyl (C=O) groups excluding carboxylic acids is 1. The van der Waals surface area contributed by atoms with Gasteiger partial charge in [0, 0.05) is 6.54 Å². The van der Waals surface area contributed by atoms with Gasteiger partial charge in [0.1, 0.15) is 0 Å². The Morgan fingerprint density at radius 1 is 1.32 bits per heavy atom. The topological polar surface area (TPSA) is 109 Å². The van der Waals surface area contributed by atoms with Crippen molar-refractivity contribution in [2.75, 3.05) is 6.54 Å². The fourth-order valence-corrected chi connectivity index (χ4v) is 4.48. The molecule has 1 saturated heterocycles. The normalized spacial score (nSPS) is 19.4. The van der Waals surface area contributed by atoms with Crippen molar-refractivity contribution in [3.63, 3.8) is 0 Å². The van der Waals surface area contributed by atoms with Crippen molar-refractivity contribution in [3.8, 4) is 0 Å². The van der Waals surface area contributed by atoms with Crippen molar-refractivity contribution < 1.29 is 13.2 Å². The van der Waals surface area contributed by atoms with Crippen LogP contribution in [0.3, 0.4) is 0 Å². The number of hydrogen-bond donors (Lipinski definition) is 2. The smallest absolute Gasteiger partial charge is 0.252 e. The maximum Gasteiger partial charge on any atom is 0.252 e. The molecule has 1 atom stereocenters. The van der Waals surface area contributed by atoms with Gasteiger partial charge in [-0.15, -0.1) is 0 Å². The quantitative estimate of drug-likeness (QED) is 0.877. The highest BCUT2D eigenvalue weighted by Gasteiger charge is 2.38. The summed E-state index contributed by atoms with van der Waals surface area (Å²) in [7, 11) is -3.62. The van der Waals surface area contributed by atoms with E-state index in [9.17, 15) is 13.2 Å². The summed E-state index contributed by atoms with van der Waals surface area (Å²) in [5.41, 5.74) is 6.02. The molecule has 3 rings (SSSR count). The Bertz CT molecular complexity index is 785. The van der Waals surface area contributed by atoms with Crippen molar-refractivity contribution in [2.45, 2.75) is 23.8 Å². The number of nitrogens with one attached hydrogen (secondary N) is 1. The van der Waals surface area contributed by atoms with E-state index in [1.807, 2.05) is 0 Å². The molecule has 116 valence electrons. The van der Waals surface area contributed by atoms with Gasteiger partial charge in [-0.25, -0.2) is 8.42 Å². The Hall–Kier alpha value is -2.19. The molecule has 3 N–H and O–H groups in total. The number of benzene rings is 1. The molecule has 0 spiro atoms. The van der Waals surface area contributed by atoms with Crippen LogP contribution < -0.4 is 5.73 Å². The number of sulfonamides is 1. The lowest BCUT2D eigenvalue weighted by Crippen LogP contribution is -2.32. The van der Waals surface area contributed by atoms with Gasteiger partial charge >= 0.3 is 0 Å². The zero-order valence-electron chi connectivity index (χ0n) is 11.8. The molecule has 0 saturated carbocycles. The van der Waals surface area contributed by atoms with Crippen molar-refractivity contribution >= 4 is 15.9 Å². The lowest BCUT2D eigenvalue weighted by molar-refractivity contribution is 0.0998. The molecule has 1 fully saturated rings. The van der Waals surface area contributed by atoms with E-state index in [1.165, 1.54) is 10.5 Å². The third-order valence-electron chi connectivity index (χ3n) is 3.82. The van der Waals surface area contributed by atoms with E-state index in [-0.39, 0.29) is 10.5 Å². The molecule has 1 aliphatic heterocycles. The van der Waals surface area contributed by atoms with E-state index in [1.54, 1.807) is 30.3 Å². The molecule has 8 heteroatoms. The van der Waals surface area contributed by atoms with Crippen LogP contribution in [-0.4, -0.2) is 35.4 Å². The van der Waals surface area contributed by atoms with Crippen molar-refractivity contribution in [3.05, 3.63) is 47.8 Å². The molecule has 0 radical (unpaired) electrons. The van der Waals surface area contributed by atoms with Gasteiger partial charge < -0.3 is 5.73 Å². The molecule has 1 aliphatic rings. The van der Waals surface area contributed by atoms with E-state index >= 15 is 0 Å². The van der Waals surface area contributed by atoms with Crippen LogP contribution in [0.4, 0.5) is 0 Å². The number of amides is 1. The number of primary amides is 1. The summed E-state index contributed by atoms with van der Waals surface area (Å²) in [6, 6.07) is 7.81. The second-order valence-electron chi connectivity index (χ2n) is 5.15. The molecule has 2 heterocycles. The number of H-pyrrole nitrogens is 1. The zero-order chi connectivity index (χ0) is 15.7. The van der Waals surface area contributed by atoms with Crippen molar-refractivity contribution in [2.24, 2.45) is 5.73 Å². The van der Waals surface area contributed by atoms with Gasteiger partial charge in [-0.3, -0.25) is 9.89 Å². The Labute approximate surface area is 128 Å². The van der Waals surface area contributed by atoms with Gasteiger partial charge in [-0.05, 0) is 25.0 Å². The van der Waals surface area contributed by atoms with Crippen LogP contribution >= 0.6 is 0 Å². The van der Waals surface area contributed by atoms with Crippen LogP contribution in [0.5, 0.6) is 0 Å². The predicted molar refractivity (Wildman–Crippen MR) is 79.4 cm³/mol. The predicted octanol–water partition coefficient (Wildman–Crippen LogP) is 1.03. The molecule has 2 aromatic rings. The monoisotopic (exact) mass is 320 g/mol. The zero-order valence-corrected chi connectivity index (χ0v) is 12.6. The molecular weight excluding hydrogens is 304 g/mol. The highest BCUT2D eigenvalue weighted by atomic mass is 32.2. The highest BCUT2D eigenvalue weighted by molar-refractivity contribution is 7.89. The van der Waals surface area contributed by atoms with Crippen LogP contribution in [0, 0.1) is 0 Å². The first kappa shape index (κ1) is 14.7. The lowest BCUT2D eigenvalue weighted by Gasteiger charge is -2.23. The second-order valence-corrected chi connectivity index (χ2v) is 7.04. The summed E-state index contributed by atoms with van der Waals surface area (Å²) < 4.78 is 27.0. The molecule has 22 heavy (non-hydrogen) atoms. The first-order valence-corrected chi connectivity index (χ1v) is 8.36. The van der Waals surface area contributed by atoms with Gasteiger partial charge in [0.15, 0.2) is 0 Å². The Morgan fingerprint density at radius 3 is 2.73 bits per heavy atom. The average Bonchev–Trinajstić information content (AvgIpc) is 3.16. The fraction of sp³-hybridized carbons (Fsp3) is 0.286. The van der Waals surface area contributed by atoms with E-state index < -0.39 is 22.0 Å². The molecule has 0 bridgehead atoms. The highest BCUT2D eigenvalue weighted by Crippen LogP contribution is 2.36. The summed E-state index contributed by atoms with van der Waals surface area (Å²) in [6.45, 7) is 0.402. The SMILES string of the molecule is NC(=O)c1cn[nH]c1[C@@H]1CCCN1S(=O)(=O)c1ccccc1. The van der Waals surface area contributed by atoms with Gasteiger partial charge in [0.2, 0.25) is 10.0 Å². The third kappa shape index (κ3) is 2.40.